The predicted octanol–water partition coefficient (Wildman–Crippen LogP) is 8.30. The number of azo groups is 2. The minimum absolute atomic E-state index is 0.0227. The van der Waals surface area contributed by atoms with Gasteiger partial charge < -0.3 is 25.4 Å². The van der Waals surface area contributed by atoms with Crippen LogP contribution in [0.1, 0.15) is 19.3 Å². The highest BCUT2D eigenvalue weighted by molar-refractivity contribution is 7.86. The fourth-order valence-corrected chi connectivity index (χ4v) is 9.37. The van der Waals surface area contributed by atoms with Gasteiger partial charge in [0, 0.05) is 18.7 Å². The Morgan fingerprint density at radius 3 is 1.22 bits per heavy atom. The Labute approximate surface area is 430 Å². The molecule has 390 valence electrons. The van der Waals surface area contributed by atoms with Crippen molar-refractivity contribution < 1.29 is 74.3 Å². The summed E-state index contributed by atoms with van der Waals surface area (Å²) in [6.07, 6.45) is -0.592. The molecule has 0 saturated carbocycles. The number of benzene rings is 4. The molecule has 0 unspecified atom stereocenters. The number of hydrogen-bond donors (Lipinski definition) is 8. The molecule has 5 rings (SSSR count). The maximum Gasteiger partial charge on any atom is 0.296 e. The van der Waals surface area contributed by atoms with Gasteiger partial charge in [0.1, 0.15) is 32.7 Å². The lowest BCUT2D eigenvalue weighted by molar-refractivity contribution is 0.317. The second-order valence-electron chi connectivity index (χ2n) is 14.3. The molecule has 72 heavy (non-hydrogen) atoms. The number of halogens is 4. The van der Waals surface area contributed by atoms with Gasteiger partial charge in [-0.05, 0) is 67.8 Å². The Morgan fingerprint density at radius 2 is 0.847 bits per heavy atom. The van der Waals surface area contributed by atoms with E-state index in [1.54, 1.807) is 0 Å². The van der Waals surface area contributed by atoms with E-state index in [1.807, 2.05) is 0 Å². The summed E-state index contributed by atoms with van der Waals surface area (Å²) in [6, 6.07) is 11.6. The van der Waals surface area contributed by atoms with Gasteiger partial charge in [0.25, 0.3) is 50.6 Å². The Balaban J connectivity index is 1.56. The second-order valence-corrected chi connectivity index (χ2v) is 23.4. The van der Waals surface area contributed by atoms with Crippen LogP contribution in [0, 0.1) is 0 Å². The van der Waals surface area contributed by atoms with E-state index in [4.69, 9.17) is 55.9 Å². The van der Waals surface area contributed by atoms with Crippen molar-refractivity contribution in [2.24, 2.45) is 20.5 Å². The van der Waals surface area contributed by atoms with Gasteiger partial charge in [0.2, 0.25) is 17.8 Å². The van der Waals surface area contributed by atoms with Crippen molar-refractivity contribution in [2.75, 3.05) is 53.0 Å². The van der Waals surface area contributed by atoms with E-state index < -0.39 is 77.6 Å². The van der Waals surface area contributed by atoms with E-state index in [-0.39, 0.29) is 123 Å². The standard InChI is InChI=1S/C36H36Cl4N10O17S5/c37-22-6-4-20(14-32(22)71(60,61)62)47-49-26-18-30(66-9-2-12-69(54,55)56)28(16-24(26)39)42-35-44-34(41-8-1-11-68(51,52)53)45-36(46-35)43-29-17-25(40)27(19-31(29)67-10-3-13-70(57,58)59)50-48-21-5-7-23(38)33(15-21)72(63,64)65/h4-7,14-19H,1-3,8-13H2,(H,51,52,53)(H,54,55,56)(H,57,58,59)(H,60,61,62)(H,63,64,65)(H3,41,42,43,44,45,46). The summed E-state index contributed by atoms with van der Waals surface area (Å²) in [7, 11) is -22.7. The molecule has 0 aliphatic carbocycles. The molecule has 0 aliphatic rings. The monoisotopic (exact) mass is 1180 g/mol. The zero-order chi connectivity index (χ0) is 53.2. The van der Waals surface area contributed by atoms with E-state index >= 15 is 0 Å². The lowest BCUT2D eigenvalue weighted by Crippen LogP contribution is -2.14. The number of nitrogens with one attached hydrogen (secondary N) is 3. The van der Waals surface area contributed by atoms with Crippen LogP contribution in [0.15, 0.2) is 90.9 Å². The van der Waals surface area contributed by atoms with Gasteiger partial charge in [-0.25, -0.2) is 0 Å². The van der Waals surface area contributed by atoms with Crippen LogP contribution < -0.4 is 25.4 Å². The Bertz CT molecular complexity index is 3290. The fourth-order valence-electron chi connectivity index (χ4n) is 5.51. The number of hydrogen-bond acceptors (Lipinski definition) is 22. The molecule has 0 amide bonds. The van der Waals surface area contributed by atoms with Gasteiger partial charge in [-0.3, -0.25) is 22.8 Å². The van der Waals surface area contributed by atoms with Crippen LogP contribution in [0.5, 0.6) is 11.5 Å². The number of nitrogens with zero attached hydrogens (tertiary/aromatic N) is 7. The quantitative estimate of drug-likeness (QED) is 0.0155. The van der Waals surface area contributed by atoms with Crippen molar-refractivity contribution in [2.45, 2.75) is 29.1 Å². The lowest BCUT2D eigenvalue weighted by atomic mass is 10.2. The molecule has 1 heterocycles. The van der Waals surface area contributed by atoms with Gasteiger partial charge >= 0.3 is 0 Å². The Morgan fingerprint density at radius 1 is 0.472 bits per heavy atom. The summed E-state index contributed by atoms with van der Waals surface area (Å²) in [4.78, 5) is 11.6. The molecule has 0 fully saturated rings. The summed E-state index contributed by atoms with van der Waals surface area (Å²) in [6.45, 7) is -0.801. The lowest BCUT2D eigenvalue weighted by Gasteiger charge is -2.17. The van der Waals surface area contributed by atoms with Gasteiger partial charge in [-0.1, -0.05) is 46.4 Å². The van der Waals surface area contributed by atoms with Crippen molar-refractivity contribution in [3.63, 3.8) is 0 Å². The highest BCUT2D eigenvalue weighted by atomic mass is 35.5. The van der Waals surface area contributed by atoms with Gasteiger partial charge in [0.05, 0.1) is 73.3 Å². The number of aromatic nitrogens is 3. The van der Waals surface area contributed by atoms with Crippen LogP contribution in [0.4, 0.5) is 52.0 Å². The highest BCUT2D eigenvalue weighted by Gasteiger charge is 2.20. The molecule has 27 nitrogen and oxygen atoms in total. The van der Waals surface area contributed by atoms with Crippen molar-refractivity contribution in [1.82, 2.24) is 15.0 Å². The Hall–Kier alpha value is -5.20. The minimum atomic E-state index is -4.76. The molecular weight excluding hydrogens is 1150 g/mol. The number of rotatable bonds is 25. The first-order chi connectivity index (χ1) is 33.4. The zero-order valence-electron chi connectivity index (χ0n) is 36.0. The Kier molecular flexibility index (Phi) is 19.4. The second kappa shape index (κ2) is 24.2. The number of anilines is 5. The number of ether oxygens (including phenoxy) is 2. The predicted molar refractivity (Wildman–Crippen MR) is 263 cm³/mol. The molecular formula is C36H36Cl4N10O17S5. The molecule has 0 spiro atoms. The van der Waals surface area contributed by atoms with Crippen LogP contribution in [0.25, 0.3) is 0 Å². The van der Waals surface area contributed by atoms with E-state index in [0.717, 1.165) is 24.3 Å². The summed E-state index contributed by atoms with van der Waals surface area (Å²) in [5, 5.41) is 23.6. The van der Waals surface area contributed by atoms with Crippen LogP contribution in [-0.4, -0.2) is 117 Å². The third-order valence-corrected chi connectivity index (χ3v) is 14.3. The molecule has 4 aromatic carbocycles. The van der Waals surface area contributed by atoms with Crippen molar-refractivity contribution in [3.05, 3.63) is 80.8 Å². The molecule has 1 aromatic heterocycles. The third-order valence-electron chi connectivity index (χ3n) is 8.63. The van der Waals surface area contributed by atoms with Gasteiger partial charge in [-0.15, -0.1) is 10.2 Å². The average Bonchev–Trinajstić information content (AvgIpc) is 3.25. The average molecular weight is 1180 g/mol. The first-order valence-electron chi connectivity index (χ1n) is 19.6. The summed E-state index contributed by atoms with van der Waals surface area (Å²) in [5.74, 6) is -3.11. The molecule has 0 aliphatic heterocycles. The molecule has 0 saturated heterocycles. The van der Waals surface area contributed by atoms with Crippen LogP contribution in [-0.2, 0) is 50.6 Å². The van der Waals surface area contributed by atoms with Crippen molar-refractivity contribution in [3.8, 4) is 11.5 Å². The van der Waals surface area contributed by atoms with Crippen molar-refractivity contribution in [1.29, 1.82) is 0 Å². The molecule has 5 aromatic rings. The highest BCUT2D eigenvalue weighted by Crippen LogP contribution is 2.41. The minimum Gasteiger partial charge on any atom is -0.491 e. The van der Waals surface area contributed by atoms with Crippen LogP contribution in [0.3, 0.4) is 0 Å². The molecule has 0 radical (unpaired) electrons. The summed E-state index contributed by atoms with van der Waals surface area (Å²) >= 11 is 25.0. The van der Waals surface area contributed by atoms with Crippen molar-refractivity contribution >= 4 is 149 Å². The summed E-state index contributed by atoms with van der Waals surface area (Å²) < 4.78 is 174. The van der Waals surface area contributed by atoms with Gasteiger partial charge in [-0.2, -0.15) is 67.3 Å². The van der Waals surface area contributed by atoms with E-state index in [1.165, 1.54) is 36.4 Å². The largest absolute Gasteiger partial charge is 0.491 e. The smallest absolute Gasteiger partial charge is 0.296 e. The third kappa shape index (κ3) is 18.7. The first-order valence-corrected chi connectivity index (χ1v) is 28.8. The summed E-state index contributed by atoms with van der Waals surface area (Å²) in [5.41, 5.74) is -0.436. The van der Waals surface area contributed by atoms with E-state index in [2.05, 4.69) is 51.4 Å². The molecule has 36 heteroatoms. The van der Waals surface area contributed by atoms with E-state index in [0.29, 0.717) is 0 Å². The fraction of sp³-hybridized carbons (Fsp3) is 0.250. The molecule has 0 atom stereocenters. The zero-order valence-corrected chi connectivity index (χ0v) is 43.1. The first kappa shape index (κ1) is 57.7. The maximum atomic E-state index is 11.8. The van der Waals surface area contributed by atoms with Gasteiger partial charge in [0.15, 0.2) is 0 Å². The molecule has 0 bridgehead atoms. The topological polar surface area (TPSA) is 415 Å². The van der Waals surface area contributed by atoms with E-state index in [9.17, 15) is 64.9 Å². The SMILES string of the molecule is O=S(=O)(O)CCCNc1nc(Nc2cc(Cl)c(N=Nc3ccc(Cl)c(S(=O)(=O)O)c3)cc2OCCCS(=O)(=O)O)nc(Nc2cc(Cl)c(N=Nc3ccc(Cl)c(S(=O)(=O)O)c3)cc2OCCCS(=O)(=O)O)n1. The molecule has 8 N–H and O–H groups in total. The maximum absolute atomic E-state index is 11.8. The van der Waals surface area contributed by atoms with Crippen LogP contribution >= 0.6 is 46.4 Å². The normalized spacial score (nSPS) is 12.6. The van der Waals surface area contributed by atoms with Crippen LogP contribution in [0.2, 0.25) is 20.1 Å².